The number of nitrogens with zero attached hydrogens (tertiary/aromatic N) is 2. The topological polar surface area (TPSA) is 66.0 Å². The van der Waals surface area contributed by atoms with Crippen LogP contribution in [0.4, 0.5) is 8.78 Å². The van der Waals surface area contributed by atoms with Crippen LogP contribution in [0.1, 0.15) is 24.8 Å². The molecule has 6 nitrogen and oxygen atoms in total. The molecule has 0 saturated carbocycles. The highest BCUT2D eigenvalue weighted by atomic mass is 127. The molecule has 0 bridgehead atoms. The molecule has 2 N–H and O–H groups in total. The largest absolute Gasteiger partial charge is 0.433 e. The molecule has 0 aliphatic carbocycles. The van der Waals surface area contributed by atoms with Crippen molar-refractivity contribution in [3.05, 3.63) is 27.7 Å². The highest BCUT2D eigenvalue weighted by Gasteiger charge is 2.18. The van der Waals surface area contributed by atoms with E-state index in [-0.39, 0.29) is 53.7 Å². The minimum absolute atomic E-state index is 0. The maximum Gasteiger partial charge on any atom is 0.387 e. The summed E-state index contributed by atoms with van der Waals surface area (Å²) in [7, 11) is 1.54. The van der Waals surface area contributed by atoms with Gasteiger partial charge in [-0.1, -0.05) is 23.2 Å². The number of aliphatic imine (C=N–C) groups is 1. The van der Waals surface area contributed by atoms with Crippen LogP contribution in [0.2, 0.25) is 10.0 Å². The Morgan fingerprint density at radius 3 is 2.54 bits per heavy atom. The first-order valence-electron chi connectivity index (χ1n) is 8.55. The Balaban J connectivity index is 0.00000392. The third-order valence-electron chi connectivity index (χ3n) is 4.08. The first kappa shape index (κ1) is 25.0. The van der Waals surface area contributed by atoms with Gasteiger partial charge in [0.25, 0.3) is 0 Å². The van der Waals surface area contributed by atoms with Crippen molar-refractivity contribution >= 4 is 59.0 Å². The molecule has 0 radical (unpaired) electrons. The number of nitrogens with one attached hydrogen (secondary N) is 2. The number of carbonyl (C=O) groups excluding carboxylic acids is 1. The van der Waals surface area contributed by atoms with Gasteiger partial charge in [-0.25, -0.2) is 0 Å². The van der Waals surface area contributed by atoms with E-state index in [0.29, 0.717) is 16.5 Å². The lowest BCUT2D eigenvalue weighted by atomic mass is 10.1. The number of piperidine rings is 1. The second-order valence-electron chi connectivity index (χ2n) is 5.98. The molecule has 1 aliphatic rings. The quantitative estimate of drug-likeness (QED) is 0.320. The number of carbonyl (C=O) groups is 1. The van der Waals surface area contributed by atoms with Crippen molar-refractivity contribution in [2.75, 3.05) is 26.7 Å². The number of amides is 1. The van der Waals surface area contributed by atoms with Gasteiger partial charge in [-0.05, 0) is 31.4 Å². The van der Waals surface area contributed by atoms with Gasteiger partial charge in [0, 0.05) is 37.3 Å². The number of benzene rings is 1. The molecule has 1 aromatic carbocycles. The summed E-state index contributed by atoms with van der Waals surface area (Å²) in [5, 5.41) is 6.14. The second kappa shape index (κ2) is 12.5. The minimum Gasteiger partial charge on any atom is -0.433 e. The van der Waals surface area contributed by atoms with Crippen LogP contribution in [0.25, 0.3) is 0 Å². The van der Waals surface area contributed by atoms with Gasteiger partial charge in [0.15, 0.2) is 5.96 Å². The van der Waals surface area contributed by atoms with E-state index in [4.69, 9.17) is 23.2 Å². The summed E-state index contributed by atoms with van der Waals surface area (Å²) in [5.74, 6) is 0.188. The van der Waals surface area contributed by atoms with Crippen LogP contribution in [0.3, 0.4) is 0 Å². The molecule has 1 amide bonds. The number of guanidine groups is 1. The normalized spacial score (nSPS) is 14.5. The summed E-state index contributed by atoms with van der Waals surface area (Å²) in [4.78, 5) is 18.0. The van der Waals surface area contributed by atoms with E-state index in [2.05, 4.69) is 20.4 Å². The first-order valence-corrected chi connectivity index (χ1v) is 9.31. The van der Waals surface area contributed by atoms with Crippen molar-refractivity contribution in [3.8, 4) is 5.75 Å². The number of alkyl halides is 2. The maximum absolute atomic E-state index is 12.6. The van der Waals surface area contributed by atoms with Crippen LogP contribution >= 0.6 is 47.2 Å². The van der Waals surface area contributed by atoms with Gasteiger partial charge in [0.05, 0.1) is 11.6 Å². The van der Waals surface area contributed by atoms with Crippen molar-refractivity contribution < 1.29 is 18.3 Å². The van der Waals surface area contributed by atoms with Crippen LogP contribution < -0.4 is 15.4 Å². The van der Waals surface area contributed by atoms with Crippen molar-refractivity contribution in [2.24, 2.45) is 4.99 Å². The van der Waals surface area contributed by atoms with Crippen LogP contribution in [0, 0.1) is 0 Å². The minimum atomic E-state index is -3.01. The lowest BCUT2D eigenvalue weighted by molar-refractivity contribution is -0.130. The SMILES string of the molecule is CN=C(NCC(=O)N1CCCCC1)NCc1cc(Cl)cc(Cl)c1OC(F)F.I. The van der Waals surface area contributed by atoms with Crippen molar-refractivity contribution in [3.63, 3.8) is 0 Å². The molecule has 28 heavy (non-hydrogen) atoms. The molecule has 11 heteroatoms. The fourth-order valence-corrected chi connectivity index (χ4v) is 3.36. The highest BCUT2D eigenvalue weighted by Crippen LogP contribution is 2.33. The van der Waals surface area contributed by atoms with Crippen molar-refractivity contribution in [1.82, 2.24) is 15.5 Å². The standard InChI is InChI=1S/C17H22Cl2F2N4O2.HI/c1-22-17(24-10-14(26)25-5-3-2-4-6-25)23-9-11-7-12(18)8-13(19)15(11)27-16(20)21;/h7-8,16H,2-6,9-10H2,1H3,(H2,22,23,24);1H. The summed E-state index contributed by atoms with van der Waals surface area (Å²) in [6.45, 7) is -1.30. The number of likely N-dealkylation sites (tertiary alicyclic amines) is 1. The fourth-order valence-electron chi connectivity index (χ4n) is 2.78. The van der Waals surface area contributed by atoms with E-state index in [0.717, 1.165) is 32.4 Å². The Bertz CT molecular complexity index is 689. The Morgan fingerprint density at radius 1 is 1.25 bits per heavy atom. The van der Waals surface area contributed by atoms with Crippen molar-refractivity contribution in [1.29, 1.82) is 0 Å². The van der Waals surface area contributed by atoms with E-state index in [1.807, 2.05) is 4.90 Å². The molecular weight excluding hydrogens is 528 g/mol. The molecule has 1 aromatic rings. The van der Waals surface area contributed by atoms with Gasteiger partial charge in [0.1, 0.15) is 5.75 Å². The Kier molecular flexibility index (Phi) is 11.1. The fraction of sp³-hybridized carbons (Fsp3) is 0.529. The third-order valence-corrected chi connectivity index (χ3v) is 4.58. The molecular formula is C17H23Cl2F2IN4O2. The van der Waals surface area contributed by atoms with E-state index in [1.54, 1.807) is 7.05 Å². The highest BCUT2D eigenvalue weighted by molar-refractivity contribution is 14.0. The number of halogens is 5. The average molecular weight is 551 g/mol. The molecule has 158 valence electrons. The Labute approximate surface area is 190 Å². The monoisotopic (exact) mass is 550 g/mol. The van der Waals surface area contributed by atoms with Crippen LogP contribution in [0.15, 0.2) is 17.1 Å². The van der Waals surface area contributed by atoms with Gasteiger partial charge in [-0.15, -0.1) is 24.0 Å². The zero-order chi connectivity index (χ0) is 19.8. The first-order chi connectivity index (χ1) is 12.9. The summed E-state index contributed by atoms with van der Waals surface area (Å²) in [5.41, 5.74) is 0.345. The smallest absolute Gasteiger partial charge is 0.387 e. The van der Waals surface area contributed by atoms with Gasteiger partial charge >= 0.3 is 6.61 Å². The van der Waals surface area contributed by atoms with Crippen LogP contribution in [0.5, 0.6) is 5.75 Å². The van der Waals surface area contributed by atoms with E-state index < -0.39 is 6.61 Å². The number of ether oxygens (including phenoxy) is 1. The third kappa shape index (κ3) is 7.75. The van der Waals surface area contributed by atoms with Crippen molar-refractivity contribution in [2.45, 2.75) is 32.4 Å². The molecule has 1 aliphatic heterocycles. The second-order valence-corrected chi connectivity index (χ2v) is 6.82. The Morgan fingerprint density at radius 2 is 1.93 bits per heavy atom. The summed E-state index contributed by atoms with van der Waals surface area (Å²) >= 11 is 11.9. The van der Waals surface area contributed by atoms with Crippen LogP contribution in [-0.4, -0.2) is 50.1 Å². The summed E-state index contributed by atoms with van der Waals surface area (Å²) in [6.07, 6.45) is 3.17. The van der Waals surface area contributed by atoms with E-state index >= 15 is 0 Å². The van der Waals surface area contributed by atoms with E-state index in [1.165, 1.54) is 12.1 Å². The zero-order valence-electron chi connectivity index (χ0n) is 15.3. The Hall–Kier alpha value is -1.07. The molecule has 1 fully saturated rings. The number of hydrogen-bond donors (Lipinski definition) is 2. The molecule has 0 unspecified atom stereocenters. The molecule has 0 aromatic heterocycles. The molecule has 1 heterocycles. The lowest BCUT2D eigenvalue weighted by Crippen LogP contribution is -2.45. The maximum atomic E-state index is 12.6. The molecule has 1 saturated heterocycles. The van der Waals surface area contributed by atoms with Gasteiger partial charge in [0.2, 0.25) is 5.91 Å². The average Bonchev–Trinajstić information content (AvgIpc) is 2.64. The van der Waals surface area contributed by atoms with Gasteiger partial charge in [-0.3, -0.25) is 9.79 Å². The molecule has 2 rings (SSSR count). The summed E-state index contributed by atoms with van der Waals surface area (Å²) in [6, 6.07) is 2.80. The predicted octanol–water partition coefficient (Wildman–Crippen LogP) is 3.89. The van der Waals surface area contributed by atoms with Crippen LogP contribution in [-0.2, 0) is 11.3 Å². The number of rotatable bonds is 6. The number of hydrogen-bond acceptors (Lipinski definition) is 3. The predicted molar refractivity (Wildman–Crippen MR) is 117 cm³/mol. The summed E-state index contributed by atoms with van der Waals surface area (Å²) < 4.78 is 29.7. The van der Waals surface area contributed by atoms with E-state index in [9.17, 15) is 13.6 Å². The van der Waals surface area contributed by atoms with Gasteiger partial charge in [-0.2, -0.15) is 8.78 Å². The lowest BCUT2D eigenvalue weighted by Gasteiger charge is -2.27. The molecule has 0 atom stereocenters. The molecule has 0 spiro atoms. The van der Waals surface area contributed by atoms with Gasteiger partial charge < -0.3 is 20.3 Å². The zero-order valence-corrected chi connectivity index (χ0v) is 19.2.